The van der Waals surface area contributed by atoms with Gasteiger partial charge in [-0.3, -0.25) is 0 Å². The van der Waals surface area contributed by atoms with E-state index in [1.807, 2.05) is 24.3 Å². The van der Waals surface area contributed by atoms with Crippen molar-refractivity contribution in [1.82, 2.24) is 9.55 Å². The molecule has 0 amide bonds. The lowest BCUT2D eigenvalue weighted by molar-refractivity contribution is 0.137. The summed E-state index contributed by atoms with van der Waals surface area (Å²) in [5, 5.41) is 19.0. The van der Waals surface area contributed by atoms with Crippen LogP contribution in [0.15, 0.2) is 24.3 Å². The Bertz CT molecular complexity index is 611. The van der Waals surface area contributed by atoms with Crippen LogP contribution in [0, 0.1) is 11.3 Å². The van der Waals surface area contributed by atoms with Crippen LogP contribution in [0.3, 0.4) is 0 Å². The van der Waals surface area contributed by atoms with Gasteiger partial charge in [0.15, 0.2) is 0 Å². The normalized spacial score (nSPS) is 23.3. The molecule has 0 aliphatic heterocycles. The number of para-hydroxylation sites is 2. The second-order valence-electron chi connectivity index (χ2n) is 4.79. The van der Waals surface area contributed by atoms with Gasteiger partial charge in [0.25, 0.3) is 0 Å². The van der Waals surface area contributed by atoms with E-state index in [-0.39, 0.29) is 18.6 Å². The zero-order valence-corrected chi connectivity index (χ0v) is 10.1. The second-order valence-corrected chi connectivity index (χ2v) is 4.79. The van der Waals surface area contributed by atoms with E-state index < -0.39 is 0 Å². The maximum Gasteiger partial charge on any atom is 0.124 e. The van der Waals surface area contributed by atoms with Crippen LogP contribution in [0.5, 0.6) is 0 Å². The van der Waals surface area contributed by atoms with E-state index in [0.29, 0.717) is 0 Å². The van der Waals surface area contributed by atoms with Gasteiger partial charge in [-0.1, -0.05) is 12.1 Å². The molecule has 4 heteroatoms. The Kier molecular flexibility index (Phi) is 2.77. The first kappa shape index (κ1) is 11.2. The molecule has 4 nitrogen and oxygen atoms in total. The standard InChI is InChI=1S/C14H15N3O/c15-9-8-14-16-10-4-1-2-5-11(10)17(14)12-6-3-7-13(12)18/h1-2,4-5,12-13,18H,3,6-8H2/t12-,13-/m1/s1. The molecule has 0 bridgehead atoms. The lowest BCUT2D eigenvalue weighted by Gasteiger charge is -2.19. The largest absolute Gasteiger partial charge is 0.391 e. The summed E-state index contributed by atoms with van der Waals surface area (Å²) in [6, 6.07) is 10.1. The average molecular weight is 241 g/mol. The zero-order valence-electron chi connectivity index (χ0n) is 10.1. The Hall–Kier alpha value is -1.86. The van der Waals surface area contributed by atoms with Crippen LogP contribution in [-0.2, 0) is 6.42 Å². The molecular weight excluding hydrogens is 226 g/mol. The van der Waals surface area contributed by atoms with E-state index >= 15 is 0 Å². The molecule has 18 heavy (non-hydrogen) atoms. The molecule has 1 aliphatic carbocycles. The first-order valence-corrected chi connectivity index (χ1v) is 6.32. The molecule has 3 rings (SSSR count). The van der Waals surface area contributed by atoms with E-state index in [0.717, 1.165) is 36.1 Å². The van der Waals surface area contributed by atoms with Gasteiger partial charge in [0.2, 0.25) is 0 Å². The number of aliphatic hydroxyl groups excluding tert-OH is 1. The summed E-state index contributed by atoms with van der Waals surface area (Å²) in [5.41, 5.74) is 1.93. The molecular formula is C14H15N3O. The molecule has 0 radical (unpaired) electrons. The summed E-state index contributed by atoms with van der Waals surface area (Å²) in [4.78, 5) is 4.51. The van der Waals surface area contributed by atoms with Crippen molar-refractivity contribution < 1.29 is 5.11 Å². The predicted molar refractivity (Wildman–Crippen MR) is 67.9 cm³/mol. The highest BCUT2D eigenvalue weighted by molar-refractivity contribution is 5.76. The lowest BCUT2D eigenvalue weighted by Crippen LogP contribution is -2.20. The fourth-order valence-electron chi connectivity index (χ4n) is 2.88. The number of benzene rings is 1. The highest BCUT2D eigenvalue weighted by atomic mass is 16.3. The van der Waals surface area contributed by atoms with Gasteiger partial charge < -0.3 is 9.67 Å². The Morgan fingerprint density at radius 3 is 2.94 bits per heavy atom. The van der Waals surface area contributed by atoms with Gasteiger partial charge in [0, 0.05) is 0 Å². The molecule has 92 valence electrons. The predicted octanol–water partition coefficient (Wildman–Crippen LogP) is 2.19. The summed E-state index contributed by atoms with van der Waals surface area (Å²) in [7, 11) is 0. The van der Waals surface area contributed by atoms with E-state index in [1.165, 1.54) is 0 Å². The zero-order chi connectivity index (χ0) is 12.5. The van der Waals surface area contributed by atoms with Gasteiger partial charge in [-0.25, -0.2) is 4.98 Å². The molecule has 0 spiro atoms. The second kappa shape index (κ2) is 4.43. The summed E-state index contributed by atoms with van der Waals surface area (Å²) >= 11 is 0. The molecule has 1 N–H and O–H groups in total. The highest BCUT2D eigenvalue weighted by Gasteiger charge is 2.29. The monoisotopic (exact) mass is 241 g/mol. The van der Waals surface area contributed by atoms with Crippen LogP contribution in [0.4, 0.5) is 0 Å². The Morgan fingerprint density at radius 1 is 1.39 bits per heavy atom. The summed E-state index contributed by atoms with van der Waals surface area (Å²) < 4.78 is 2.07. The average Bonchev–Trinajstić information content (AvgIpc) is 2.93. The lowest BCUT2D eigenvalue weighted by atomic mass is 10.2. The Morgan fingerprint density at radius 2 is 2.22 bits per heavy atom. The van der Waals surface area contributed by atoms with Gasteiger partial charge in [0.1, 0.15) is 5.82 Å². The van der Waals surface area contributed by atoms with Crippen molar-refractivity contribution >= 4 is 11.0 Å². The topological polar surface area (TPSA) is 61.8 Å². The van der Waals surface area contributed by atoms with Crippen molar-refractivity contribution in [1.29, 1.82) is 5.26 Å². The summed E-state index contributed by atoms with van der Waals surface area (Å²) in [6.45, 7) is 0. The smallest absolute Gasteiger partial charge is 0.124 e. The minimum atomic E-state index is -0.319. The number of nitriles is 1. The molecule has 2 aromatic rings. The molecule has 0 unspecified atom stereocenters. The maximum atomic E-state index is 10.1. The molecule has 0 saturated heterocycles. The third-order valence-electron chi connectivity index (χ3n) is 3.68. The Labute approximate surface area is 105 Å². The van der Waals surface area contributed by atoms with E-state index in [9.17, 15) is 5.11 Å². The molecule has 1 aromatic heterocycles. The highest BCUT2D eigenvalue weighted by Crippen LogP contribution is 2.34. The van der Waals surface area contributed by atoms with Crippen LogP contribution in [0.1, 0.15) is 31.1 Å². The van der Waals surface area contributed by atoms with Crippen molar-refractivity contribution in [2.24, 2.45) is 0 Å². The molecule has 1 fully saturated rings. The van der Waals surface area contributed by atoms with Crippen LogP contribution < -0.4 is 0 Å². The fraction of sp³-hybridized carbons (Fsp3) is 0.429. The molecule has 1 saturated carbocycles. The minimum Gasteiger partial charge on any atom is -0.391 e. The third kappa shape index (κ3) is 1.68. The Balaban J connectivity index is 2.18. The first-order valence-electron chi connectivity index (χ1n) is 6.32. The number of rotatable bonds is 2. The summed E-state index contributed by atoms with van der Waals surface area (Å²) in [5.74, 6) is 0.768. The van der Waals surface area contributed by atoms with Crippen molar-refractivity contribution in [3.8, 4) is 6.07 Å². The number of aliphatic hydroxyl groups is 1. The number of nitrogens with zero attached hydrogens (tertiary/aromatic N) is 3. The SMILES string of the molecule is N#CCc1nc2ccccc2n1[C@@H]1CCC[C@H]1O. The molecule has 1 heterocycles. The van der Waals surface area contributed by atoms with Crippen LogP contribution in [-0.4, -0.2) is 20.8 Å². The first-order chi connectivity index (χ1) is 8.81. The fourth-order valence-corrected chi connectivity index (χ4v) is 2.88. The number of imidazole rings is 1. The van der Waals surface area contributed by atoms with Crippen LogP contribution >= 0.6 is 0 Å². The van der Waals surface area contributed by atoms with Crippen molar-refractivity contribution in [2.45, 2.75) is 37.8 Å². The van der Waals surface area contributed by atoms with Gasteiger partial charge in [0.05, 0.1) is 35.7 Å². The van der Waals surface area contributed by atoms with Crippen molar-refractivity contribution in [3.05, 3.63) is 30.1 Å². The molecule has 2 atom stereocenters. The van der Waals surface area contributed by atoms with Crippen molar-refractivity contribution in [2.75, 3.05) is 0 Å². The van der Waals surface area contributed by atoms with Gasteiger partial charge in [-0.05, 0) is 31.4 Å². The third-order valence-corrected chi connectivity index (χ3v) is 3.68. The number of hydrogen-bond donors (Lipinski definition) is 1. The minimum absolute atomic E-state index is 0.0701. The quantitative estimate of drug-likeness (QED) is 0.876. The van der Waals surface area contributed by atoms with Crippen LogP contribution in [0.25, 0.3) is 11.0 Å². The van der Waals surface area contributed by atoms with E-state index in [4.69, 9.17) is 5.26 Å². The van der Waals surface area contributed by atoms with Crippen molar-refractivity contribution in [3.63, 3.8) is 0 Å². The van der Waals surface area contributed by atoms with Gasteiger partial charge in [-0.2, -0.15) is 5.26 Å². The van der Waals surface area contributed by atoms with Gasteiger partial charge in [-0.15, -0.1) is 0 Å². The summed E-state index contributed by atoms with van der Waals surface area (Å²) in [6.07, 6.45) is 2.80. The van der Waals surface area contributed by atoms with E-state index in [2.05, 4.69) is 15.6 Å². The van der Waals surface area contributed by atoms with Gasteiger partial charge >= 0.3 is 0 Å². The molecule has 1 aliphatic rings. The molecule has 1 aromatic carbocycles. The number of aromatic nitrogens is 2. The maximum absolute atomic E-state index is 10.1. The number of hydrogen-bond acceptors (Lipinski definition) is 3. The van der Waals surface area contributed by atoms with Crippen LogP contribution in [0.2, 0.25) is 0 Å². The number of fused-ring (bicyclic) bond motifs is 1. The van der Waals surface area contributed by atoms with E-state index in [1.54, 1.807) is 0 Å².